The molecule has 0 aliphatic heterocycles. The van der Waals surface area contributed by atoms with Crippen molar-refractivity contribution in [2.75, 3.05) is 0 Å². The third-order valence-corrected chi connectivity index (χ3v) is 1.38. The molecule has 3 heteroatoms. The lowest BCUT2D eigenvalue weighted by atomic mass is 10.2. The Kier molecular flexibility index (Phi) is 2.82. The Labute approximate surface area is 75.9 Å². The Bertz CT molecular complexity index is 377. The molecule has 0 saturated heterocycles. The first-order valence-corrected chi connectivity index (χ1v) is 3.61. The van der Waals surface area contributed by atoms with E-state index in [1.165, 1.54) is 0 Å². The minimum absolute atomic E-state index is 0.259. The fourth-order valence-corrected chi connectivity index (χ4v) is 0.798. The van der Waals surface area contributed by atoms with Crippen LogP contribution in [-0.4, -0.2) is 5.97 Å². The van der Waals surface area contributed by atoms with Gasteiger partial charge in [0.2, 0.25) is 0 Å². The number of hydrogen-bond donors (Lipinski definition) is 0. The van der Waals surface area contributed by atoms with Gasteiger partial charge in [0.15, 0.2) is 0 Å². The van der Waals surface area contributed by atoms with Crippen molar-refractivity contribution in [1.82, 2.24) is 0 Å². The van der Waals surface area contributed by atoms with Crippen LogP contribution in [0.5, 0.6) is 5.75 Å². The molecule has 0 aromatic heterocycles. The molecular formula is C10H7NO2. The van der Waals surface area contributed by atoms with Gasteiger partial charge in [0.05, 0.1) is 5.56 Å². The molecule has 0 fully saturated rings. The summed E-state index contributed by atoms with van der Waals surface area (Å²) in [5.74, 6) is -0.308. The predicted molar refractivity (Wildman–Crippen MR) is 47.0 cm³/mol. The highest BCUT2D eigenvalue weighted by molar-refractivity contribution is 5.83. The number of ether oxygens (including phenoxy) is 1. The first-order valence-electron chi connectivity index (χ1n) is 3.61. The summed E-state index contributed by atoms with van der Waals surface area (Å²) in [6.45, 7) is 3.25. The van der Waals surface area contributed by atoms with E-state index in [2.05, 4.69) is 6.58 Å². The minimum Gasteiger partial charge on any atom is -0.422 e. The van der Waals surface area contributed by atoms with Crippen LogP contribution in [0.2, 0.25) is 0 Å². The van der Waals surface area contributed by atoms with E-state index < -0.39 is 5.97 Å². The van der Waals surface area contributed by atoms with E-state index in [0.29, 0.717) is 5.56 Å². The second-order valence-electron chi connectivity index (χ2n) is 2.23. The molecule has 0 atom stereocenters. The summed E-state index contributed by atoms with van der Waals surface area (Å²) in [6, 6.07) is 8.43. The van der Waals surface area contributed by atoms with Crippen LogP contribution in [0.15, 0.2) is 36.9 Å². The van der Waals surface area contributed by atoms with Crippen molar-refractivity contribution in [1.29, 1.82) is 5.26 Å². The van der Waals surface area contributed by atoms with E-state index in [0.717, 1.165) is 6.08 Å². The zero-order chi connectivity index (χ0) is 9.68. The summed E-state index contributed by atoms with van der Waals surface area (Å²) in [7, 11) is 0. The van der Waals surface area contributed by atoms with Gasteiger partial charge in [-0.25, -0.2) is 4.79 Å². The number of para-hydroxylation sites is 1. The number of nitriles is 1. The molecule has 0 spiro atoms. The first kappa shape index (κ1) is 9.01. The normalized spacial score (nSPS) is 8.54. The lowest BCUT2D eigenvalue weighted by molar-refractivity contribution is -0.128. The Morgan fingerprint density at radius 1 is 1.54 bits per heavy atom. The molecule has 0 amide bonds. The van der Waals surface area contributed by atoms with Crippen LogP contribution in [0.25, 0.3) is 0 Å². The quantitative estimate of drug-likeness (QED) is 0.388. The molecule has 0 bridgehead atoms. The zero-order valence-electron chi connectivity index (χ0n) is 6.86. The molecule has 0 aliphatic rings. The summed E-state index contributed by atoms with van der Waals surface area (Å²) in [6.07, 6.45) is 1.05. The maximum atomic E-state index is 10.8. The number of rotatable bonds is 2. The highest BCUT2D eigenvalue weighted by Gasteiger charge is 2.04. The van der Waals surface area contributed by atoms with Crippen molar-refractivity contribution in [2.24, 2.45) is 0 Å². The molecule has 3 nitrogen and oxygen atoms in total. The highest BCUT2D eigenvalue weighted by atomic mass is 16.5. The van der Waals surface area contributed by atoms with Crippen LogP contribution in [0, 0.1) is 11.3 Å². The maximum absolute atomic E-state index is 10.8. The third-order valence-electron chi connectivity index (χ3n) is 1.38. The second-order valence-corrected chi connectivity index (χ2v) is 2.23. The molecule has 0 heterocycles. The number of hydrogen-bond acceptors (Lipinski definition) is 3. The fourth-order valence-electron chi connectivity index (χ4n) is 0.798. The molecule has 0 radical (unpaired) electrons. The van der Waals surface area contributed by atoms with Crippen molar-refractivity contribution >= 4 is 5.97 Å². The van der Waals surface area contributed by atoms with Gasteiger partial charge in [0.25, 0.3) is 0 Å². The number of benzene rings is 1. The maximum Gasteiger partial charge on any atom is 0.335 e. The number of esters is 1. The number of carbonyl (C=O) groups excluding carboxylic acids is 1. The summed E-state index contributed by atoms with van der Waals surface area (Å²) in [5, 5.41) is 8.64. The average Bonchev–Trinajstić information content (AvgIpc) is 2.18. The van der Waals surface area contributed by atoms with Crippen LogP contribution in [0.3, 0.4) is 0 Å². The Morgan fingerprint density at radius 2 is 2.23 bits per heavy atom. The predicted octanol–water partition coefficient (Wildman–Crippen LogP) is 1.65. The number of nitrogens with zero attached hydrogens (tertiary/aromatic N) is 1. The molecule has 0 N–H and O–H groups in total. The fraction of sp³-hybridized carbons (Fsp3) is 0. The Hall–Kier alpha value is -2.08. The summed E-state index contributed by atoms with van der Waals surface area (Å²) >= 11 is 0. The molecule has 0 saturated carbocycles. The summed E-state index contributed by atoms with van der Waals surface area (Å²) < 4.78 is 4.81. The zero-order valence-corrected chi connectivity index (χ0v) is 6.86. The summed E-state index contributed by atoms with van der Waals surface area (Å²) in [5.41, 5.74) is 0.331. The van der Waals surface area contributed by atoms with Gasteiger partial charge in [0, 0.05) is 6.08 Å². The lowest BCUT2D eigenvalue weighted by Gasteiger charge is -2.01. The molecule has 1 aromatic carbocycles. The van der Waals surface area contributed by atoms with Gasteiger partial charge in [0.1, 0.15) is 11.8 Å². The van der Waals surface area contributed by atoms with Gasteiger partial charge in [-0.3, -0.25) is 0 Å². The number of carbonyl (C=O) groups is 1. The minimum atomic E-state index is -0.567. The van der Waals surface area contributed by atoms with Crippen LogP contribution < -0.4 is 4.74 Å². The standard InChI is InChI=1S/C10H7NO2/c1-2-10(12)13-9-6-4-3-5-8(9)7-11/h2-6H,1H2. The summed E-state index contributed by atoms with van der Waals surface area (Å²) in [4.78, 5) is 10.8. The third kappa shape index (κ3) is 2.17. The van der Waals surface area contributed by atoms with Crippen molar-refractivity contribution < 1.29 is 9.53 Å². The molecule has 1 rings (SSSR count). The van der Waals surface area contributed by atoms with Crippen molar-refractivity contribution in [2.45, 2.75) is 0 Å². The Morgan fingerprint density at radius 3 is 2.85 bits per heavy atom. The van der Waals surface area contributed by atoms with E-state index in [-0.39, 0.29) is 5.75 Å². The molecule has 1 aromatic rings. The van der Waals surface area contributed by atoms with E-state index in [1.807, 2.05) is 6.07 Å². The first-order chi connectivity index (χ1) is 6.27. The van der Waals surface area contributed by atoms with E-state index in [9.17, 15) is 4.79 Å². The van der Waals surface area contributed by atoms with Crippen LogP contribution >= 0.6 is 0 Å². The van der Waals surface area contributed by atoms with Gasteiger partial charge >= 0.3 is 5.97 Å². The van der Waals surface area contributed by atoms with E-state index in [4.69, 9.17) is 10.00 Å². The average molecular weight is 173 g/mol. The van der Waals surface area contributed by atoms with Crippen molar-refractivity contribution in [3.63, 3.8) is 0 Å². The van der Waals surface area contributed by atoms with Gasteiger partial charge in [-0.05, 0) is 12.1 Å². The van der Waals surface area contributed by atoms with Gasteiger partial charge in [-0.2, -0.15) is 5.26 Å². The molecule has 64 valence electrons. The lowest BCUT2D eigenvalue weighted by Crippen LogP contribution is -2.04. The SMILES string of the molecule is C=CC(=O)Oc1ccccc1C#N. The van der Waals surface area contributed by atoms with E-state index >= 15 is 0 Å². The van der Waals surface area contributed by atoms with E-state index in [1.54, 1.807) is 24.3 Å². The van der Waals surface area contributed by atoms with Crippen LogP contribution in [-0.2, 0) is 4.79 Å². The highest BCUT2D eigenvalue weighted by Crippen LogP contribution is 2.16. The topological polar surface area (TPSA) is 50.1 Å². The molecule has 13 heavy (non-hydrogen) atoms. The molecule has 0 unspecified atom stereocenters. The molecular weight excluding hydrogens is 166 g/mol. The largest absolute Gasteiger partial charge is 0.422 e. The van der Waals surface area contributed by atoms with Crippen molar-refractivity contribution in [3.8, 4) is 11.8 Å². The Balaban J connectivity index is 2.95. The monoisotopic (exact) mass is 173 g/mol. The molecule has 0 aliphatic carbocycles. The second kappa shape index (κ2) is 4.07. The van der Waals surface area contributed by atoms with Gasteiger partial charge in [-0.1, -0.05) is 18.7 Å². The van der Waals surface area contributed by atoms with Crippen molar-refractivity contribution in [3.05, 3.63) is 42.5 Å². The van der Waals surface area contributed by atoms with Crippen LogP contribution in [0.1, 0.15) is 5.56 Å². The van der Waals surface area contributed by atoms with Gasteiger partial charge < -0.3 is 4.74 Å². The smallest absolute Gasteiger partial charge is 0.335 e. The van der Waals surface area contributed by atoms with Crippen LogP contribution in [0.4, 0.5) is 0 Å². The van der Waals surface area contributed by atoms with Gasteiger partial charge in [-0.15, -0.1) is 0 Å².